The van der Waals surface area contributed by atoms with Gasteiger partial charge in [0.15, 0.2) is 0 Å². The van der Waals surface area contributed by atoms with E-state index >= 15 is 0 Å². The molecule has 1 aromatic rings. The molecule has 9 heteroatoms. The molecular formula is C15H25Cl2N3O3S. The number of aromatic nitrogens is 1. The van der Waals surface area contributed by atoms with Crippen molar-refractivity contribution in [2.75, 3.05) is 19.6 Å². The van der Waals surface area contributed by atoms with Crippen LogP contribution >= 0.6 is 36.2 Å². The number of aliphatic carboxylic acids is 1. The molecule has 3 atom stereocenters. The van der Waals surface area contributed by atoms with E-state index in [0.29, 0.717) is 19.5 Å². The number of rotatable bonds is 7. The molecular weight excluding hydrogens is 373 g/mol. The predicted molar refractivity (Wildman–Crippen MR) is 99.4 cm³/mol. The first-order valence-electron chi connectivity index (χ1n) is 7.61. The smallest absolute Gasteiger partial charge is 0.320 e. The van der Waals surface area contributed by atoms with Gasteiger partial charge in [-0.1, -0.05) is 13.3 Å². The first-order valence-corrected chi connectivity index (χ1v) is 8.49. The Hall–Kier alpha value is -0.890. The van der Waals surface area contributed by atoms with Gasteiger partial charge < -0.3 is 10.4 Å². The van der Waals surface area contributed by atoms with Crippen LogP contribution < -0.4 is 5.32 Å². The molecule has 24 heavy (non-hydrogen) atoms. The summed E-state index contributed by atoms with van der Waals surface area (Å²) in [4.78, 5) is 28.9. The molecule has 0 radical (unpaired) electrons. The van der Waals surface area contributed by atoms with Gasteiger partial charge in [0, 0.05) is 44.1 Å². The topological polar surface area (TPSA) is 82.5 Å². The fraction of sp³-hybridized carbons (Fsp3) is 0.667. The number of nitrogens with one attached hydrogen (secondary N) is 1. The van der Waals surface area contributed by atoms with E-state index in [4.69, 9.17) is 0 Å². The number of carboxylic acids is 1. The van der Waals surface area contributed by atoms with Crippen LogP contribution in [0.4, 0.5) is 0 Å². The molecule has 2 heterocycles. The van der Waals surface area contributed by atoms with Crippen molar-refractivity contribution in [1.82, 2.24) is 15.2 Å². The molecule has 0 bridgehead atoms. The summed E-state index contributed by atoms with van der Waals surface area (Å²) in [6.07, 6.45) is 3.29. The van der Waals surface area contributed by atoms with E-state index in [9.17, 15) is 14.7 Å². The van der Waals surface area contributed by atoms with E-state index in [-0.39, 0.29) is 42.6 Å². The molecule has 1 fully saturated rings. The lowest BCUT2D eigenvalue weighted by Gasteiger charge is -2.26. The number of hydrogen-bond acceptors (Lipinski definition) is 5. The summed E-state index contributed by atoms with van der Waals surface area (Å²) in [5.41, 5.74) is 0. The quantitative estimate of drug-likeness (QED) is 0.737. The lowest BCUT2D eigenvalue weighted by atomic mass is 10.1. The zero-order chi connectivity index (χ0) is 16.1. The summed E-state index contributed by atoms with van der Waals surface area (Å²) in [6.45, 7) is 5.57. The molecule has 6 nitrogen and oxygen atoms in total. The highest BCUT2D eigenvalue weighted by molar-refractivity contribution is 7.09. The molecule has 0 spiro atoms. The average Bonchev–Trinajstić information content (AvgIpc) is 3.11. The van der Waals surface area contributed by atoms with Crippen LogP contribution in [0.2, 0.25) is 0 Å². The van der Waals surface area contributed by atoms with Crippen molar-refractivity contribution in [3.8, 4) is 0 Å². The third kappa shape index (κ3) is 6.20. The van der Waals surface area contributed by atoms with Gasteiger partial charge in [-0.05, 0) is 12.3 Å². The van der Waals surface area contributed by atoms with E-state index in [1.54, 1.807) is 17.5 Å². The Labute approximate surface area is 158 Å². The molecule has 1 unspecified atom stereocenters. The molecule has 138 valence electrons. The third-order valence-corrected chi connectivity index (χ3v) is 5.14. The van der Waals surface area contributed by atoms with Gasteiger partial charge in [-0.15, -0.1) is 36.2 Å². The Morgan fingerprint density at radius 1 is 1.50 bits per heavy atom. The lowest BCUT2D eigenvalue weighted by molar-refractivity contribution is -0.142. The van der Waals surface area contributed by atoms with Crippen molar-refractivity contribution in [2.24, 2.45) is 5.92 Å². The van der Waals surface area contributed by atoms with Crippen LogP contribution in [0.25, 0.3) is 0 Å². The second-order valence-corrected chi connectivity index (χ2v) is 6.75. The maximum atomic E-state index is 11.5. The molecule has 1 aliphatic heterocycles. The zero-order valence-electron chi connectivity index (χ0n) is 13.8. The highest BCUT2D eigenvalue weighted by Crippen LogP contribution is 2.33. The Kier molecular flexibility index (Phi) is 10.5. The summed E-state index contributed by atoms with van der Waals surface area (Å²) in [5, 5.41) is 15.3. The number of likely N-dealkylation sites (tertiary alicyclic amines) is 1. The fourth-order valence-corrected chi connectivity index (χ4v) is 3.68. The maximum absolute atomic E-state index is 11.5. The minimum atomic E-state index is -0.770. The predicted octanol–water partition coefficient (Wildman–Crippen LogP) is 2.39. The normalized spacial score (nSPS) is 21.4. The van der Waals surface area contributed by atoms with Crippen molar-refractivity contribution >= 4 is 48.0 Å². The van der Waals surface area contributed by atoms with Crippen LogP contribution in [-0.4, -0.2) is 52.5 Å². The van der Waals surface area contributed by atoms with Crippen LogP contribution in [0, 0.1) is 5.92 Å². The van der Waals surface area contributed by atoms with Crippen molar-refractivity contribution < 1.29 is 14.7 Å². The first kappa shape index (κ1) is 23.1. The van der Waals surface area contributed by atoms with Gasteiger partial charge >= 0.3 is 5.97 Å². The van der Waals surface area contributed by atoms with E-state index in [1.165, 1.54) is 6.92 Å². The van der Waals surface area contributed by atoms with Crippen LogP contribution in [0.1, 0.15) is 37.6 Å². The number of thiazole rings is 1. The van der Waals surface area contributed by atoms with Crippen LogP contribution in [0.3, 0.4) is 0 Å². The minimum absolute atomic E-state index is 0. The largest absolute Gasteiger partial charge is 0.480 e. The highest BCUT2D eigenvalue weighted by atomic mass is 35.5. The summed E-state index contributed by atoms with van der Waals surface area (Å²) in [6, 6.07) is -0.458. The second kappa shape index (κ2) is 10.9. The molecule has 2 N–H and O–H groups in total. The summed E-state index contributed by atoms with van der Waals surface area (Å²) in [5.74, 6) is -0.357. The number of hydrogen-bond donors (Lipinski definition) is 2. The third-order valence-electron chi connectivity index (χ3n) is 4.20. The Morgan fingerprint density at radius 2 is 2.21 bits per heavy atom. The van der Waals surface area contributed by atoms with Gasteiger partial charge in [0.05, 0.1) is 5.01 Å². The Balaban J connectivity index is 0.00000264. The van der Waals surface area contributed by atoms with Gasteiger partial charge in [-0.25, -0.2) is 4.98 Å². The van der Waals surface area contributed by atoms with Crippen molar-refractivity contribution in [3.63, 3.8) is 0 Å². The first-order chi connectivity index (χ1) is 10.5. The SMILES string of the molecule is CCC(CNC(C)=O)CN1C[C@H](c2nccs2)C[C@@H]1C(=O)O.Cl.Cl. The Morgan fingerprint density at radius 3 is 2.71 bits per heavy atom. The molecule has 0 aliphatic carbocycles. The van der Waals surface area contributed by atoms with E-state index in [0.717, 1.165) is 18.0 Å². The van der Waals surface area contributed by atoms with Gasteiger partial charge in [-0.3, -0.25) is 14.5 Å². The summed E-state index contributed by atoms with van der Waals surface area (Å²) < 4.78 is 0. The van der Waals surface area contributed by atoms with Gasteiger partial charge in [-0.2, -0.15) is 0 Å². The molecule has 1 saturated heterocycles. The fourth-order valence-electron chi connectivity index (χ4n) is 2.93. The van der Waals surface area contributed by atoms with Crippen molar-refractivity contribution in [2.45, 2.75) is 38.6 Å². The van der Waals surface area contributed by atoms with E-state index in [2.05, 4.69) is 17.2 Å². The minimum Gasteiger partial charge on any atom is -0.480 e. The lowest BCUT2D eigenvalue weighted by Crippen LogP contribution is -2.41. The molecule has 1 aromatic heterocycles. The second-order valence-electron chi connectivity index (χ2n) is 5.82. The van der Waals surface area contributed by atoms with Crippen LogP contribution in [0.15, 0.2) is 11.6 Å². The zero-order valence-corrected chi connectivity index (χ0v) is 16.3. The monoisotopic (exact) mass is 397 g/mol. The average molecular weight is 398 g/mol. The molecule has 0 saturated carbocycles. The van der Waals surface area contributed by atoms with Crippen molar-refractivity contribution in [3.05, 3.63) is 16.6 Å². The van der Waals surface area contributed by atoms with Crippen LogP contribution in [-0.2, 0) is 9.59 Å². The highest BCUT2D eigenvalue weighted by Gasteiger charge is 2.39. The standard InChI is InChI=1S/C15H23N3O3S.2ClH/c1-3-11(7-17-10(2)19)8-18-9-12(6-13(18)15(20)21)14-16-4-5-22-14;;/h4-5,11-13H,3,6-9H2,1-2H3,(H,17,19)(H,20,21);2*1H/t11?,12-,13-;;/m1../s1. The summed E-state index contributed by atoms with van der Waals surface area (Å²) >= 11 is 1.59. The van der Waals surface area contributed by atoms with E-state index < -0.39 is 12.0 Å². The van der Waals surface area contributed by atoms with Crippen molar-refractivity contribution in [1.29, 1.82) is 0 Å². The van der Waals surface area contributed by atoms with Gasteiger partial charge in [0.2, 0.25) is 5.91 Å². The van der Waals surface area contributed by atoms with E-state index in [1.807, 2.05) is 10.3 Å². The number of halogens is 2. The van der Waals surface area contributed by atoms with Gasteiger partial charge in [0.1, 0.15) is 6.04 Å². The number of nitrogens with zero attached hydrogens (tertiary/aromatic N) is 2. The number of amides is 1. The number of carbonyl (C=O) groups is 2. The summed E-state index contributed by atoms with van der Waals surface area (Å²) in [7, 11) is 0. The maximum Gasteiger partial charge on any atom is 0.320 e. The van der Waals surface area contributed by atoms with Gasteiger partial charge in [0.25, 0.3) is 0 Å². The molecule has 0 aromatic carbocycles. The molecule has 2 rings (SSSR count). The van der Waals surface area contributed by atoms with Crippen LogP contribution in [0.5, 0.6) is 0 Å². The molecule has 1 amide bonds. The number of carboxylic acid groups (broad SMARTS) is 1. The molecule has 1 aliphatic rings. The Bertz CT molecular complexity index is 516. The number of carbonyl (C=O) groups excluding carboxylic acids is 1.